The zero-order valence-corrected chi connectivity index (χ0v) is 7.79. The van der Waals surface area contributed by atoms with Crippen LogP contribution in [0.5, 0.6) is 0 Å². The Bertz CT molecular complexity index is 366. The highest BCUT2D eigenvalue weighted by atomic mass is 16.1. The van der Waals surface area contributed by atoms with E-state index >= 15 is 0 Å². The molecule has 1 aromatic heterocycles. The van der Waals surface area contributed by atoms with E-state index in [-0.39, 0.29) is 5.56 Å². The molecule has 1 aromatic rings. The third kappa shape index (κ3) is 1.99. The second-order valence-corrected chi connectivity index (χ2v) is 2.94. The van der Waals surface area contributed by atoms with Gasteiger partial charge in [-0.15, -0.1) is 6.58 Å². The molecule has 0 aliphatic rings. The number of rotatable bonds is 3. The van der Waals surface area contributed by atoms with E-state index in [9.17, 15) is 4.79 Å². The van der Waals surface area contributed by atoms with Crippen LogP contribution in [0.4, 0.5) is 5.69 Å². The van der Waals surface area contributed by atoms with E-state index in [2.05, 4.69) is 6.58 Å². The van der Waals surface area contributed by atoms with Crippen molar-refractivity contribution >= 4 is 5.69 Å². The molecule has 3 heteroatoms. The fourth-order valence-corrected chi connectivity index (χ4v) is 1.19. The number of hydrogen-bond donors (Lipinski definition) is 1. The maximum Gasteiger partial charge on any atom is 0.250 e. The number of hydrogen-bond acceptors (Lipinski definition) is 2. The Kier molecular flexibility index (Phi) is 2.90. The van der Waals surface area contributed by atoms with Crippen molar-refractivity contribution in [1.29, 1.82) is 0 Å². The average molecular weight is 178 g/mol. The SMILES string of the molecule is C=CCCn1c(C)c(N)ccc1=O. The van der Waals surface area contributed by atoms with Gasteiger partial charge in [0.25, 0.3) is 5.56 Å². The summed E-state index contributed by atoms with van der Waals surface area (Å²) in [5.74, 6) is 0. The smallest absolute Gasteiger partial charge is 0.250 e. The van der Waals surface area contributed by atoms with Crippen LogP contribution < -0.4 is 11.3 Å². The summed E-state index contributed by atoms with van der Waals surface area (Å²) in [6, 6.07) is 3.13. The molecule has 0 atom stereocenters. The van der Waals surface area contributed by atoms with E-state index in [4.69, 9.17) is 5.73 Å². The van der Waals surface area contributed by atoms with Crippen molar-refractivity contribution in [2.24, 2.45) is 0 Å². The van der Waals surface area contributed by atoms with E-state index < -0.39 is 0 Å². The molecule has 0 amide bonds. The largest absolute Gasteiger partial charge is 0.397 e. The van der Waals surface area contributed by atoms with E-state index in [0.717, 1.165) is 12.1 Å². The predicted molar refractivity (Wildman–Crippen MR) is 54.7 cm³/mol. The lowest BCUT2D eigenvalue weighted by atomic mass is 10.3. The predicted octanol–water partition coefficient (Wildman–Crippen LogP) is 1.32. The minimum absolute atomic E-state index is 0.00597. The number of nitrogens with zero attached hydrogens (tertiary/aromatic N) is 1. The first-order chi connectivity index (χ1) is 6.16. The summed E-state index contributed by atoms with van der Waals surface area (Å²) in [6.07, 6.45) is 2.57. The summed E-state index contributed by atoms with van der Waals surface area (Å²) in [5.41, 5.74) is 7.15. The first-order valence-electron chi connectivity index (χ1n) is 4.23. The standard InChI is InChI=1S/C10H14N2O/c1-3-4-7-12-8(2)9(11)5-6-10(12)13/h3,5-6H,1,4,7,11H2,2H3. The van der Waals surface area contributed by atoms with Crippen molar-refractivity contribution < 1.29 is 0 Å². The lowest BCUT2D eigenvalue weighted by Gasteiger charge is -2.09. The zero-order valence-electron chi connectivity index (χ0n) is 7.79. The molecule has 1 heterocycles. The Hall–Kier alpha value is -1.51. The van der Waals surface area contributed by atoms with Gasteiger partial charge in [-0.05, 0) is 19.4 Å². The first kappa shape index (κ1) is 9.58. The van der Waals surface area contributed by atoms with E-state index in [1.165, 1.54) is 6.07 Å². The Labute approximate surface area is 77.5 Å². The third-order valence-corrected chi connectivity index (χ3v) is 2.05. The molecule has 0 saturated carbocycles. The van der Waals surface area contributed by atoms with Crippen LogP contribution in [0.1, 0.15) is 12.1 Å². The van der Waals surface area contributed by atoms with Crippen LogP contribution in [-0.4, -0.2) is 4.57 Å². The molecule has 1 rings (SSSR count). The third-order valence-electron chi connectivity index (χ3n) is 2.05. The van der Waals surface area contributed by atoms with Crippen molar-refractivity contribution in [2.75, 3.05) is 5.73 Å². The maximum absolute atomic E-state index is 11.4. The molecule has 3 nitrogen and oxygen atoms in total. The van der Waals surface area contributed by atoms with Crippen LogP contribution in [0.2, 0.25) is 0 Å². The first-order valence-corrected chi connectivity index (χ1v) is 4.23. The van der Waals surface area contributed by atoms with Crippen LogP contribution in [0, 0.1) is 6.92 Å². The van der Waals surface area contributed by atoms with E-state index in [0.29, 0.717) is 12.2 Å². The Morgan fingerprint density at radius 2 is 2.31 bits per heavy atom. The lowest BCUT2D eigenvalue weighted by Crippen LogP contribution is -2.22. The van der Waals surface area contributed by atoms with Gasteiger partial charge in [-0.1, -0.05) is 6.08 Å². The molecular formula is C10H14N2O. The fourth-order valence-electron chi connectivity index (χ4n) is 1.19. The topological polar surface area (TPSA) is 48.0 Å². The second-order valence-electron chi connectivity index (χ2n) is 2.94. The summed E-state index contributed by atoms with van der Waals surface area (Å²) in [7, 11) is 0. The monoisotopic (exact) mass is 178 g/mol. The Balaban J connectivity index is 3.10. The van der Waals surface area contributed by atoms with Crippen LogP contribution in [0.15, 0.2) is 29.6 Å². The van der Waals surface area contributed by atoms with Crippen molar-refractivity contribution in [3.05, 3.63) is 40.8 Å². The Morgan fingerprint density at radius 1 is 1.62 bits per heavy atom. The normalized spacial score (nSPS) is 9.92. The minimum Gasteiger partial charge on any atom is -0.397 e. The van der Waals surface area contributed by atoms with Gasteiger partial charge in [0.05, 0.1) is 5.69 Å². The molecule has 13 heavy (non-hydrogen) atoms. The summed E-state index contributed by atoms with van der Waals surface area (Å²) < 4.78 is 1.66. The molecule has 0 aromatic carbocycles. The summed E-state index contributed by atoms with van der Waals surface area (Å²) in [6.45, 7) is 6.11. The molecule has 0 spiro atoms. The van der Waals surface area contributed by atoms with E-state index in [1.54, 1.807) is 16.7 Å². The molecule has 0 unspecified atom stereocenters. The zero-order chi connectivity index (χ0) is 9.84. The molecule has 0 aliphatic carbocycles. The second kappa shape index (κ2) is 3.94. The summed E-state index contributed by atoms with van der Waals surface area (Å²) in [5, 5.41) is 0. The lowest BCUT2D eigenvalue weighted by molar-refractivity contribution is 0.662. The molecule has 70 valence electrons. The average Bonchev–Trinajstić information content (AvgIpc) is 2.12. The van der Waals surface area contributed by atoms with Crippen LogP contribution in [0.3, 0.4) is 0 Å². The molecule has 0 fully saturated rings. The number of aromatic nitrogens is 1. The van der Waals surface area contributed by atoms with Gasteiger partial charge >= 0.3 is 0 Å². The highest BCUT2D eigenvalue weighted by Crippen LogP contribution is 2.06. The number of anilines is 1. The molecule has 0 radical (unpaired) electrons. The van der Waals surface area contributed by atoms with Crippen LogP contribution in [0.25, 0.3) is 0 Å². The summed E-state index contributed by atoms with van der Waals surface area (Å²) in [4.78, 5) is 11.4. The maximum atomic E-state index is 11.4. The molecule has 0 bridgehead atoms. The van der Waals surface area contributed by atoms with Gasteiger partial charge < -0.3 is 10.3 Å². The number of nitrogens with two attached hydrogens (primary N) is 1. The van der Waals surface area contributed by atoms with Crippen molar-refractivity contribution in [1.82, 2.24) is 4.57 Å². The van der Waals surface area contributed by atoms with Gasteiger partial charge in [0.1, 0.15) is 0 Å². The number of nitrogen functional groups attached to an aromatic ring is 1. The van der Waals surface area contributed by atoms with Gasteiger partial charge in [-0.3, -0.25) is 4.79 Å². The number of allylic oxidation sites excluding steroid dienone is 1. The highest BCUT2D eigenvalue weighted by molar-refractivity contribution is 5.41. The van der Waals surface area contributed by atoms with E-state index in [1.807, 2.05) is 6.92 Å². The van der Waals surface area contributed by atoms with Gasteiger partial charge in [0.15, 0.2) is 0 Å². The Morgan fingerprint density at radius 3 is 2.92 bits per heavy atom. The van der Waals surface area contributed by atoms with Gasteiger partial charge in [0, 0.05) is 18.3 Å². The number of pyridine rings is 1. The van der Waals surface area contributed by atoms with Gasteiger partial charge in [-0.25, -0.2) is 0 Å². The summed E-state index contributed by atoms with van der Waals surface area (Å²) >= 11 is 0. The highest BCUT2D eigenvalue weighted by Gasteiger charge is 2.01. The minimum atomic E-state index is -0.00597. The van der Waals surface area contributed by atoms with Crippen molar-refractivity contribution in [2.45, 2.75) is 19.9 Å². The molecular weight excluding hydrogens is 164 g/mol. The fraction of sp³-hybridized carbons (Fsp3) is 0.300. The van der Waals surface area contributed by atoms with Crippen LogP contribution in [-0.2, 0) is 6.54 Å². The van der Waals surface area contributed by atoms with Gasteiger partial charge in [0.2, 0.25) is 0 Å². The van der Waals surface area contributed by atoms with Crippen LogP contribution >= 0.6 is 0 Å². The molecule has 0 saturated heterocycles. The van der Waals surface area contributed by atoms with Gasteiger partial charge in [-0.2, -0.15) is 0 Å². The quantitative estimate of drug-likeness (QED) is 0.709. The molecule has 2 N–H and O–H groups in total. The van der Waals surface area contributed by atoms with Crippen molar-refractivity contribution in [3.63, 3.8) is 0 Å². The molecule has 0 aliphatic heterocycles. The van der Waals surface area contributed by atoms with Crippen molar-refractivity contribution in [3.8, 4) is 0 Å².